The molecule has 1 heterocycles. The zero-order chi connectivity index (χ0) is 14.8. The minimum absolute atomic E-state index is 0.00470. The smallest absolute Gasteiger partial charge is 0.211 e. The van der Waals surface area contributed by atoms with E-state index in [0.29, 0.717) is 15.6 Å². The average Bonchev–Trinajstić information content (AvgIpc) is 2.93. The third kappa shape index (κ3) is 2.98. The molecule has 3 aromatic rings. The number of halogens is 2. The molecule has 0 amide bonds. The summed E-state index contributed by atoms with van der Waals surface area (Å²) < 4.78 is 6.50. The quantitative estimate of drug-likeness (QED) is 0.552. The summed E-state index contributed by atoms with van der Waals surface area (Å²) in [4.78, 5) is 12.8. The number of thiophene rings is 1. The van der Waals surface area contributed by atoms with Crippen LogP contribution in [-0.4, -0.2) is 12.4 Å². The Morgan fingerprint density at radius 2 is 1.90 bits per heavy atom. The molecule has 0 saturated carbocycles. The van der Waals surface area contributed by atoms with Crippen molar-refractivity contribution in [3.8, 4) is 5.75 Å². The van der Waals surface area contributed by atoms with Gasteiger partial charge in [0.2, 0.25) is 5.78 Å². The first-order valence-electron chi connectivity index (χ1n) is 6.23. The van der Waals surface area contributed by atoms with Gasteiger partial charge in [-0.25, -0.2) is 0 Å². The van der Waals surface area contributed by atoms with Crippen LogP contribution in [0.1, 0.15) is 9.67 Å². The fraction of sp³-hybridized carbons (Fsp3) is 0.0625. The van der Waals surface area contributed by atoms with Crippen molar-refractivity contribution in [3.05, 3.63) is 62.2 Å². The van der Waals surface area contributed by atoms with Crippen LogP contribution in [-0.2, 0) is 0 Å². The van der Waals surface area contributed by atoms with Crippen molar-refractivity contribution in [2.45, 2.75) is 0 Å². The molecule has 21 heavy (non-hydrogen) atoms. The third-order valence-electron chi connectivity index (χ3n) is 3.06. The molecular formula is C16H10BrClO2S. The lowest BCUT2D eigenvalue weighted by Crippen LogP contribution is -2.10. The van der Waals surface area contributed by atoms with Crippen molar-refractivity contribution in [1.29, 1.82) is 0 Å². The summed E-state index contributed by atoms with van der Waals surface area (Å²) in [5.74, 6) is 0.618. The van der Waals surface area contributed by atoms with Crippen LogP contribution in [0.5, 0.6) is 5.75 Å². The Morgan fingerprint density at radius 1 is 1.14 bits per heavy atom. The summed E-state index contributed by atoms with van der Waals surface area (Å²) in [6, 6.07) is 13.1. The van der Waals surface area contributed by atoms with Gasteiger partial charge in [0.15, 0.2) is 6.61 Å². The molecule has 1 aromatic heterocycles. The molecule has 2 nitrogen and oxygen atoms in total. The van der Waals surface area contributed by atoms with E-state index in [-0.39, 0.29) is 12.4 Å². The van der Waals surface area contributed by atoms with E-state index in [0.717, 1.165) is 15.2 Å². The highest BCUT2D eigenvalue weighted by atomic mass is 79.9. The van der Waals surface area contributed by atoms with Crippen LogP contribution in [0, 0.1) is 0 Å². The number of fused-ring (bicyclic) bond motifs is 1. The maximum absolute atomic E-state index is 12.1. The Labute approximate surface area is 139 Å². The van der Waals surface area contributed by atoms with Gasteiger partial charge in [0.25, 0.3) is 0 Å². The first-order chi connectivity index (χ1) is 10.2. The summed E-state index contributed by atoms with van der Waals surface area (Å²) in [6.45, 7) is 0.00470. The Kier molecular flexibility index (Phi) is 4.29. The van der Waals surface area contributed by atoms with Crippen molar-refractivity contribution < 1.29 is 9.53 Å². The zero-order valence-corrected chi connectivity index (χ0v) is 14.0. The molecule has 0 radical (unpaired) electrons. The van der Waals surface area contributed by atoms with Gasteiger partial charge >= 0.3 is 0 Å². The second-order valence-electron chi connectivity index (χ2n) is 4.40. The van der Waals surface area contributed by atoms with Gasteiger partial charge in [0, 0.05) is 20.3 Å². The van der Waals surface area contributed by atoms with E-state index in [1.165, 1.54) is 11.3 Å². The topological polar surface area (TPSA) is 26.3 Å². The molecular weight excluding hydrogens is 372 g/mol. The highest BCUT2D eigenvalue weighted by molar-refractivity contribution is 9.10. The predicted octanol–water partition coefficient (Wildman–Crippen LogP) is 5.58. The molecule has 5 heteroatoms. The Bertz CT molecular complexity index is 813. The lowest BCUT2D eigenvalue weighted by molar-refractivity contribution is 0.0926. The van der Waals surface area contributed by atoms with Gasteiger partial charge in [0.05, 0.1) is 4.88 Å². The molecule has 0 spiro atoms. The number of ketones is 1. The minimum Gasteiger partial charge on any atom is -0.485 e. The van der Waals surface area contributed by atoms with E-state index in [1.54, 1.807) is 12.1 Å². The average molecular weight is 382 g/mol. The number of hydrogen-bond donors (Lipinski definition) is 0. The predicted molar refractivity (Wildman–Crippen MR) is 90.8 cm³/mol. The van der Waals surface area contributed by atoms with Gasteiger partial charge in [-0.1, -0.05) is 35.9 Å². The second-order valence-corrected chi connectivity index (χ2v) is 6.58. The maximum Gasteiger partial charge on any atom is 0.211 e. The normalized spacial score (nSPS) is 10.8. The monoisotopic (exact) mass is 380 g/mol. The van der Waals surface area contributed by atoms with E-state index >= 15 is 0 Å². The molecule has 0 N–H and O–H groups in total. The van der Waals surface area contributed by atoms with Crippen LogP contribution < -0.4 is 4.74 Å². The fourth-order valence-electron chi connectivity index (χ4n) is 2.06. The van der Waals surface area contributed by atoms with Crippen LogP contribution >= 0.6 is 38.9 Å². The number of hydrogen-bond acceptors (Lipinski definition) is 3. The van der Waals surface area contributed by atoms with Gasteiger partial charge in [-0.15, -0.1) is 11.3 Å². The maximum atomic E-state index is 12.1. The molecule has 0 saturated heterocycles. The van der Waals surface area contributed by atoms with Crippen molar-refractivity contribution >= 4 is 55.4 Å². The van der Waals surface area contributed by atoms with Gasteiger partial charge in [-0.05, 0) is 39.5 Å². The van der Waals surface area contributed by atoms with Crippen molar-refractivity contribution in [2.75, 3.05) is 6.61 Å². The Balaban J connectivity index is 1.85. The molecule has 0 aliphatic carbocycles. The number of carbonyl (C=O) groups is 1. The lowest BCUT2D eigenvalue weighted by atomic mass is 10.1. The van der Waals surface area contributed by atoms with Crippen molar-refractivity contribution in [3.63, 3.8) is 0 Å². The van der Waals surface area contributed by atoms with Gasteiger partial charge < -0.3 is 4.74 Å². The molecule has 3 rings (SSSR count). The molecule has 0 fully saturated rings. The summed E-state index contributed by atoms with van der Waals surface area (Å²) in [5, 5.41) is 4.37. The molecule has 0 aliphatic heterocycles. The molecule has 106 valence electrons. The Morgan fingerprint density at radius 3 is 2.62 bits per heavy atom. The van der Waals surface area contributed by atoms with E-state index < -0.39 is 0 Å². The van der Waals surface area contributed by atoms with E-state index in [4.69, 9.17) is 16.3 Å². The summed E-state index contributed by atoms with van der Waals surface area (Å²) in [5.41, 5.74) is 0. The van der Waals surface area contributed by atoms with Crippen LogP contribution in [0.15, 0.2) is 52.3 Å². The van der Waals surface area contributed by atoms with E-state index in [1.807, 2.05) is 35.7 Å². The van der Waals surface area contributed by atoms with Gasteiger partial charge in [0.1, 0.15) is 5.75 Å². The van der Waals surface area contributed by atoms with E-state index in [9.17, 15) is 4.79 Å². The first kappa shape index (κ1) is 14.6. The highest BCUT2D eigenvalue weighted by Crippen LogP contribution is 2.31. The summed E-state index contributed by atoms with van der Waals surface area (Å²) in [7, 11) is 0. The molecule has 0 bridgehead atoms. The van der Waals surface area contributed by atoms with Crippen LogP contribution in [0.4, 0.5) is 0 Å². The van der Waals surface area contributed by atoms with Gasteiger partial charge in [-0.3, -0.25) is 4.79 Å². The van der Waals surface area contributed by atoms with Crippen LogP contribution in [0.2, 0.25) is 5.02 Å². The molecule has 0 unspecified atom stereocenters. The standard InChI is InChI=1S/C16H10BrClO2S/c17-12-7-8-21-16(12)14(19)9-20-15-6-5-13(18)10-3-1-2-4-11(10)15/h1-8H,9H2. The summed E-state index contributed by atoms with van der Waals surface area (Å²) >= 11 is 10.9. The van der Waals surface area contributed by atoms with Gasteiger partial charge in [-0.2, -0.15) is 0 Å². The Hall–Kier alpha value is -1.36. The van der Waals surface area contributed by atoms with E-state index in [2.05, 4.69) is 15.9 Å². The largest absolute Gasteiger partial charge is 0.485 e. The SMILES string of the molecule is O=C(COc1ccc(Cl)c2ccccc12)c1sccc1Br. The number of Topliss-reactive ketones (excluding diaryl/α,β-unsaturated/α-hetero) is 1. The number of benzene rings is 2. The zero-order valence-electron chi connectivity index (χ0n) is 10.8. The van der Waals surface area contributed by atoms with Crippen LogP contribution in [0.3, 0.4) is 0 Å². The molecule has 0 aliphatic rings. The number of rotatable bonds is 4. The molecule has 2 aromatic carbocycles. The third-order valence-corrected chi connectivity index (χ3v) is 5.27. The minimum atomic E-state index is -0.0455. The fourth-order valence-corrected chi connectivity index (χ4v) is 3.81. The van der Waals surface area contributed by atoms with Crippen molar-refractivity contribution in [2.24, 2.45) is 0 Å². The van der Waals surface area contributed by atoms with Crippen LogP contribution in [0.25, 0.3) is 10.8 Å². The van der Waals surface area contributed by atoms with Crippen molar-refractivity contribution in [1.82, 2.24) is 0 Å². The summed E-state index contributed by atoms with van der Waals surface area (Å²) in [6.07, 6.45) is 0. The number of carbonyl (C=O) groups excluding carboxylic acids is 1. The second kappa shape index (κ2) is 6.18. The highest BCUT2D eigenvalue weighted by Gasteiger charge is 2.13. The lowest BCUT2D eigenvalue weighted by Gasteiger charge is -2.09. The molecule has 0 atom stereocenters. The number of ether oxygens (including phenoxy) is 1. The first-order valence-corrected chi connectivity index (χ1v) is 8.28.